The first-order valence-corrected chi connectivity index (χ1v) is 6.37. The molecule has 1 aromatic rings. The SMILES string of the molecule is CCC(OC)C(=O)c1ccc(OC)c(Br)c1OC. The van der Waals surface area contributed by atoms with E-state index in [1.54, 1.807) is 19.2 Å². The molecule has 1 atom stereocenters. The van der Waals surface area contributed by atoms with Crippen molar-refractivity contribution in [3.05, 3.63) is 22.2 Å². The van der Waals surface area contributed by atoms with Crippen molar-refractivity contribution < 1.29 is 19.0 Å². The minimum atomic E-state index is -0.459. The second kappa shape index (κ2) is 6.75. The van der Waals surface area contributed by atoms with Gasteiger partial charge in [-0.05, 0) is 34.5 Å². The monoisotopic (exact) mass is 316 g/mol. The zero-order valence-electron chi connectivity index (χ0n) is 11.0. The van der Waals surface area contributed by atoms with Gasteiger partial charge in [-0.15, -0.1) is 0 Å². The fourth-order valence-corrected chi connectivity index (χ4v) is 2.39. The lowest BCUT2D eigenvalue weighted by Gasteiger charge is -2.16. The van der Waals surface area contributed by atoms with Crippen LogP contribution in [-0.2, 0) is 4.74 Å². The van der Waals surface area contributed by atoms with Gasteiger partial charge in [-0.2, -0.15) is 0 Å². The van der Waals surface area contributed by atoms with Crippen LogP contribution in [0.2, 0.25) is 0 Å². The molecule has 100 valence electrons. The summed E-state index contributed by atoms with van der Waals surface area (Å²) in [7, 11) is 4.60. The van der Waals surface area contributed by atoms with Gasteiger partial charge in [0.05, 0.1) is 19.8 Å². The molecule has 0 aromatic heterocycles. The largest absolute Gasteiger partial charge is 0.495 e. The number of methoxy groups -OCH3 is 3. The molecule has 0 aliphatic carbocycles. The Morgan fingerprint density at radius 2 is 1.94 bits per heavy atom. The normalized spacial score (nSPS) is 12.1. The average Bonchev–Trinajstić information content (AvgIpc) is 2.39. The molecule has 5 heteroatoms. The van der Waals surface area contributed by atoms with Crippen LogP contribution in [0.4, 0.5) is 0 Å². The van der Waals surface area contributed by atoms with Gasteiger partial charge in [0.25, 0.3) is 0 Å². The highest BCUT2D eigenvalue weighted by Crippen LogP contribution is 2.37. The number of carbonyl (C=O) groups is 1. The van der Waals surface area contributed by atoms with E-state index >= 15 is 0 Å². The summed E-state index contributed by atoms with van der Waals surface area (Å²) >= 11 is 3.37. The third-order valence-electron chi connectivity index (χ3n) is 2.70. The van der Waals surface area contributed by atoms with Crippen LogP contribution in [0.15, 0.2) is 16.6 Å². The van der Waals surface area contributed by atoms with Gasteiger partial charge in [0.2, 0.25) is 0 Å². The maximum atomic E-state index is 12.3. The van der Waals surface area contributed by atoms with E-state index in [1.807, 2.05) is 6.92 Å². The van der Waals surface area contributed by atoms with E-state index in [0.29, 0.717) is 28.0 Å². The van der Waals surface area contributed by atoms with E-state index in [4.69, 9.17) is 14.2 Å². The molecule has 0 saturated heterocycles. The molecule has 0 saturated carbocycles. The van der Waals surface area contributed by atoms with E-state index in [9.17, 15) is 4.79 Å². The fourth-order valence-electron chi connectivity index (χ4n) is 1.72. The van der Waals surface area contributed by atoms with Gasteiger partial charge >= 0.3 is 0 Å². The molecule has 0 aliphatic rings. The fraction of sp³-hybridized carbons (Fsp3) is 0.462. The maximum absolute atomic E-state index is 12.3. The van der Waals surface area contributed by atoms with Crippen LogP contribution in [0.3, 0.4) is 0 Å². The predicted molar refractivity (Wildman–Crippen MR) is 72.7 cm³/mol. The Bertz CT molecular complexity index is 427. The molecule has 1 rings (SSSR count). The molecule has 4 nitrogen and oxygen atoms in total. The molecule has 0 N–H and O–H groups in total. The Balaban J connectivity index is 3.24. The second-order valence-electron chi connectivity index (χ2n) is 3.66. The molecule has 0 amide bonds. The lowest BCUT2D eigenvalue weighted by atomic mass is 10.0. The van der Waals surface area contributed by atoms with Crippen LogP contribution < -0.4 is 9.47 Å². The number of hydrogen-bond donors (Lipinski definition) is 0. The summed E-state index contributed by atoms with van der Waals surface area (Å²) in [6.45, 7) is 1.90. The molecular formula is C13H17BrO4. The number of hydrogen-bond acceptors (Lipinski definition) is 4. The minimum Gasteiger partial charge on any atom is -0.495 e. The minimum absolute atomic E-state index is 0.0970. The van der Waals surface area contributed by atoms with E-state index in [-0.39, 0.29) is 5.78 Å². The molecule has 1 aromatic carbocycles. The molecule has 18 heavy (non-hydrogen) atoms. The van der Waals surface area contributed by atoms with Crippen molar-refractivity contribution >= 4 is 21.7 Å². The highest BCUT2D eigenvalue weighted by molar-refractivity contribution is 9.10. The Hall–Kier alpha value is -1.07. The Labute approximate surface area is 115 Å². The predicted octanol–water partition coefficient (Wildman–Crippen LogP) is 3.07. The number of ketones is 1. The second-order valence-corrected chi connectivity index (χ2v) is 4.45. The number of ether oxygens (including phenoxy) is 3. The summed E-state index contributed by atoms with van der Waals surface area (Å²) in [4.78, 5) is 12.3. The lowest BCUT2D eigenvalue weighted by Crippen LogP contribution is -2.22. The summed E-state index contributed by atoms with van der Waals surface area (Å²) < 4.78 is 16.2. The van der Waals surface area contributed by atoms with Crippen LogP contribution in [0.25, 0.3) is 0 Å². The molecule has 0 bridgehead atoms. The third-order valence-corrected chi connectivity index (χ3v) is 3.45. The van der Waals surface area contributed by atoms with Gasteiger partial charge in [-0.1, -0.05) is 6.92 Å². The molecule has 0 spiro atoms. The maximum Gasteiger partial charge on any atom is 0.195 e. The van der Waals surface area contributed by atoms with Crippen LogP contribution in [0.5, 0.6) is 11.5 Å². The number of carbonyl (C=O) groups excluding carboxylic acids is 1. The zero-order valence-corrected chi connectivity index (χ0v) is 12.5. The summed E-state index contributed by atoms with van der Waals surface area (Å²) in [5, 5.41) is 0. The summed E-state index contributed by atoms with van der Waals surface area (Å²) in [5.74, 6) is 0.990. The smallest absolute Gasteiger partial charge is 0.195 e. The summed E-state index contributed by atoms with van der Waals surface area (Å²) in [5.41, 5.74) is 0.485. The van der Waals surface area contributed by atoms with E-state index in [2.05, 4.69) is 15.9 Å². The van der Waals surface area contributed by atoms with E-state index in [0.717, 1.165) is 0 Å². The number of benzene rings is 1. The number of rotatable bonds is 6. The van der Waals surface area contributed by atoms with Gasteiger partial charge < -0.3 is 14.2 Å². The van der Waals surface area contributed by atoms with Crippen molar-refractivity contribution in [2.45, 2.75) is 19.4 Å². The Morgan fingerprint density at radius 1 is 1.28 bits per heavy atom. The first-order valence-electron chi connectivity index (χ1n) is 5.58. The first kappa shape index (κ1) is 15.0. The molecule has 0 fully saturated rings. The van der Waals surface area contributed by atoms with Crippen molar-refractivity contribution in [1.82, 2.24) is 0 Å². The quantitative estimate of drug-likeness (QED) is 0.757. The molecule has 0 radical (unpaired) electrons. The van der Waals surface area contributed by atoms with E-state index in [1.165, 1.54) is 14.2 Å². The third kappa shape index (κ3) is 2.84. The lowest BCUT2D eigenvalue weighted by molar-refractivity contribution is 0.0592. The van der Waals surface area contributed by atoms with E-state index < -0.39 is 6.10 Å². The molecule has 0 aliphatic heterocycles. The van der Waals surface area contributed by atoms with Crippen molar-refractivity contribution in [1.29, 1.82) is 0 Å². The average molecular weight is 317 g/mol. The van der Waals surface area contributed by atoms with Gasteiger partial charge in [-0.25, -0.2) is 0 Å². The van der Waals surface area contributed by atoms with Gasteiger partial charge in [0, 0.05) is 7.11 Å². The van der Waals surface area contributed by atoms with Crippen molar-refractivity contribution in [3.63, 3.8) is 0 Å². The Kier molecular flexibility index (Phi) is 5.62. The van der Waals surface area contributed by atoms with Crippen molar-refractivity contribution in [2.75, 3.05) is 21.3 Å². The van der Waals surface area contributed by atoms with Crippen molar-refractivity contribution in [2.24, 2.45) is 0 Å². The Morgan fingerprint density at radius 3 is 2.39 bits per heavy atom. The molecule has 0 heterocycles. The van der Waals surface area contributed by atoms with Crippen molar-refractivity contribution in [3.8, 4) is 11.5 Å². The molecule has 1 unspecified atom stereocenters. The topological polar surface area (TPSA) is 44.8 Å². The highest BCUT2D eigenvalue weighted by atomic mass is 79.9. The number of halogens is 1. The number of Topliss-reactive ketones (excluding diaryl/α,β-unsaturated/α-hetero) is 1. The van der Waals surface area contributed by atoms with Gasteiger partial charge in [0.1, 0.15) is 22.1 Å². The van der Waals surface area contributed by atoms with Crippen LogP contribution in [-0.4, -0.2) is 33.2 Å². The molecular weight excluding hydrogens is 300 g/mol. The highest BCUT2D eigenvalue weighted by Gasteiger charge is 2.24. The van der Waals surface area contributed by atoms with Gasteiger partial charge in [-0.3, -0.25) is 4.79 Å². The van der Waals surface area contributed by atoms with Gasteiger partial charge in [0.15, 0.2) is 5.78 Å². The summed E-state index contributed by atoms with van der Waals surface area (Å²) in [6.07, 6.45) is 0.154. The van der Waals surface area contributed by atoms with Crippen LogP contribution >= 0.6 is 15.9 Å². The van der Waals surface area contributed by atoms with Crippen LogP contribution in [0, 0.1) is 0 Å². The zero-order chi connectivity index (χ0) is 13.7. The van der Waals surface area contributed by atoms with Crippen LogP contribution in [0.1, 0.15) is 23.7 Å². The summed E-state index contributed by atoms with van der Waals surface area (Å²) in [6, 6.07) is 3.41. The standard InChI is InChI=1S/C13H17BrO4/c1-5-9(16-2)12(15)8-6-7-10(17-3)11(14)13(8)18-4/h6-7,9H,5H2,1-4H3. The first-order chi connectivity index (χ1) is 8.60.